The number of nitrogens with zero attached hydrogens (tertiary/aromatic N) is 1. The summed E-state index contributed by atoms with van der Waals surface area (Å²) in [5.74, 6) is 0. The molecule has 1 unspecified atom stereocenters. The van der Waals surface area contributed by atoms with E-state index in [1.165, 1.54) is 21.8 Å². The van der Waals surface area contributed by atoms with E-state index in [2.05, 4.69) is 17.5 Å². The zero-order valence-corrected chi connectivity index (χ0v) is 10.3. The third-order valence-corrected chi connectivity index (χ3v) is 4.25. The first-order valence-corrected chi connectivity index (χ1v) is 6.42. The molecule has 0 radical (unpaired) electrons. The Morgan fingerprint density at radius 1 is 1.33 bits per heavy atom. The van der Waals surface area contributed by atoms with Crippen molar-refractivity contribution in [2.24, 2.45) is 0 Å². The van der Waals surface area contributed by atoms with Crippen molar-refractivity contribution < 1.29 is 5.11 Å². The van der Waals surface area contributed by atoms with Gasteiger partial charge in [0, 0.05) is 15.0 Å². The van der Waals surface area contributed by atoms with Gasteiger partial charge in [-0.2, -0.15) is 0 Å². The molecule has 2 aromatic rings. The third kappa shape index (κ3) is 2.34. The Morgan fingerprint density at radius 3 is 2.87 bits per heavy atom. The lowest BCUT2D eigenvalue weighted by molar-refractivity contribution is 0.122. The number of thiophene rings is 1. The standard InChI is InChI=1S/C11H13NOS2/c1-12(2)11(13)15-10-5-3-4-9-8(10)6-7-14-9/h3-7,11,13H,1-2H3. The largest absolute Gasteiger partial charge is 0.369 e. The van der Waals surface area contributed by atoms with E-state index >= 15 is 0 Å². The molecule has 1 heterocycles. The van der Waals surface area contributed by atoms with Crippen molar-refractivity contribution >= 4 is 33.2 Å². The maximum absolute atomic E-state index is 9.77. The summed E-state index contributed by atoms with van der Waals surface area (Å²) in [6, 6.07) is 8.28. The number of hydrogen-bond acceptors (Lipinski definition) is 4. The Hall–Kier alpha value is -0.550. The molecule has 0 saturated heterocycles. The van der Waals surface area contributed by atoms with Gasteiger partial charge in [-0.1, -0.05) is 17.8 Å². The molecule has 4 heteroatoms. The molecule has 0 fully saturated rings. The molecule has 1 aromatic carbocycles. The maximum Gasteiger partial charge on any atom is 0.159 e. The van der Waals surface area contributed by atoms with Crippen LogP contribution < -0.4 is 0 Å². The highest BCUT2D eigenvalue weighted by molar-refractivity contribution is 7.99. The van der Waals surface area contributed by atoms with Crippen molar-refractivity contribution in [3.8, 4) is 0 Å². The van der Waals surface area contributed by atoms with Gasteiger partial charge in [0.25, 0.3) is 0 Å². The fourth-order valence-corrected chi connectivity index (χ4v) is 3.07. The first kappa shape index (κ1) is 11.0. The van der Waals surface area contributed by atoms with Crippen molar-refractivity contribution in [1.82, 2.24) is 4.90 Å². The average molecular weight is 239 g/mol. The summed E-state index contributed by atoms with van der Waals surface area (Å²) >= 11 is 3.20. The van der Waals surface area contributed by atoms with E-state index < -0.39 is 5.56 Å². The smallest absolute Gasteiger partial charge is 0.159 e. The van der Waals surface area contributed by atoms with Crippen molar-refractivity contribution in [2.75, 3.05) is 14.1 Å². The van der Waals surface area contributed by atoms with Crippen LogP contribution in [0.25, 0.3) is 10.1 Å². The molecule has 15 heavy (non-hydrogen) atoms. The van der Waals surface area contributed by atoms with E-state index in [-0.39, 0.29) is 0 Å². The van der Waals surface area contributed by atoms with Crippen molar-refractivity contribution in [3.05, 3.63) is 29.6 Å². The molecular formula is C11H13NOS2. The van der Waals surface area contributed by atoms with Crippen LogP contribution in [0.1, 0.15) is 0 Å². The quantitative estimate of drug-likeness (QED) is 0.658. The van der Waals surface area contributed by atoms with E-state index in [0.717, 1.165) is 4.90 Å². The van der Waals surface area contributed by atoms with Gasteiger partial charge in [0.05, 0.1) is 0 Å². The number of thioether (sulfide) groups is 1. The van der Waals surface area contributed by atoms with Gasteiger partial charge in [0.2, 0.25) is 0 Å². The number of aliphatic hydroxyl groups is 1. The van der Waals surface area contributed by atoms with Crippen LogP contribution in [-0.2, 0) is 0 Å². The molecule has 0 saturated carbocycles. The highest BCUT2D eigenvalue weighted by atomic mass is 32.2. The summed E-state index contributed by atoms with van der Waals surface area (Å²) in [6.07, 6.45) is 0. The van der Waals surface area contributed by atoms with Crippen LogP contribution in [0.4, 0.5) is 0 Å². The zero-order valence-electron chi connectivity index (χ0n) is 8.68. The first-order chi connectivity index (χ1) is 7.18. The molecule has 0 spiro atoms. The molecule has 0 amide bonds. The van der Waals surface area contributed by atoms with E-state index in [1.54, 1.807) is 16.2 Å². The fraction of sp³-hybridized carbons (Fsp3) is 0.273. The van der Waals surface area contributed by atoms with Crippen LogP contribution in [0, 0.1) is 0 Å². The van der Waals surface area contributed by atoms with E-state index in [1.807, 2.05) is 26.2 Å². The summed E-state index contributed by atoms with van der Waals surface area (Å²) < 4.78 is 1.27. The highest BCUT2D eigenvalue weighted by Crippen LogP contribution is 2.33. The van der Waals surface area contributed by atoms with Gasteiger partial charge >= 0.3 is 0 Å². The van der Waals surface area contributed by atoms with Gasteiger partial charge in [-0.3, -0.25) is 4.90 Å². The van der Waals surface area contributed by atoms with Crippen molar-refractivity contribution in [1.29, 1.82) is 0 Å². The monoisotopic (exact) mass is 239 g/mol. The Morgan fingerprint density at radius 2 is 2.13 bits per heavy atom. The van der Waals surface area contributed by atoms with Gasteiger partial charge < -0.3 is 5.11 Å². The van der Waals surface area contributed by atoms with E-state index in [0.29, 0.717) is 0 Å². The summed E-state index contributed by atoms with van der Waals surface area (Å²) in [7, 11) is 3.73. The third-order valence-electron chi connectivity index (χ3n) is 2.13. The summed E-state index contributed by atoms with van der Waals surface area (Å²) in [4.78, 5) is 2.92. The summed E-state index contributed by atoms with van der Waals surface area (Å²) in [5.41, 5.74) is -0.490. The van der Waals surface area contributed by atoms with E-state index in [9.17, 15) is 5.11 Å². The molecule has 1 N–H and O–H groups in total. The number of rotatable bonds is 3. The second kappa shape index (κ2) is 4.53. The van der Waals surface area contributed by atoms with Crippen LogP contribution in [0.5, 0.6) is 0 Å². The molecule has 1 atom stereocenters. The minimum absolute atomic E-state index is 0.490. The molecule has 1 aromatic heterocycles. The van der Waals surface area contributed by atoms with Crippen LogP contribution >= 0.6 is 23.1 Å². The van der Waals surface area contributed by atoms with Crippen molar-refractivity contribution in [2.45, 2.75) is 10.5 Å². The van der Waals surface area contributed by atoms with E-state index in [4.69, 9.17) is 0 Å². The first-order valence-electron chi connectivity index (χ1n) is 4.66. The average Bonchev–Trinajstić information content (AvgIpc) is 2.66. The zero-order chi connectivity index (χ0) is 10.8. The fourth-order valence-electron chi connectivity index (χ4n) is 1.29. The van der Waals surface area contributed by atoms with Crippen LogP contribution in [-0.4, -0.2) is 29.7 Å². The topological polar surface area (TPSA) is 23.5 Å². The lowest BCUT2D eigenvalue weighted by atomic mass is 10.3. The van der Waals surface area contributed by atoms with Gasteiger partial charge in [-0.25, -0.2) is 0 Å². The van der Waals surface area contributed by atoms with Crippen LogP contribution in [0.2, 0.25) is 0 Å². The predicted molar refractivity (Wildman–Crippen MR) is 67.4 cm³/mol. The minimum Gasteiger partial charge on any atom is -0.369 e. The van der Waals surface area contributed by atoms with Gasteiger partial charge in [0.1, 0.15) is 0 Å². The van der Waals surface area contributed by atoms with Gasteiger partial charge in [-0.15, -0.1) is 11.3 Å². The maximum atomic E-state index is 9.77. The predicted octanol–water partition coefficient (Wildman–Crippen LogP) is 2.83. The van der Waals surface area contributed by atoms with Gasteiger partial charge in [0.15, 0.2) is 5.56 Å². The number of fused-ring (bicyclic) bond motifs is 1. The van der Waals surface area contributed by atoms with Gasteiger partial charge in [-0.05, 0) is 37.7 Å². The molecule has 0 aliphatic rings. The molecule has 2 nitrogen and oxygen atoms in total. The molecule has 0 aliphatic carbocycles. The molecule has 0 aliphatic heterocycles. The minimum atomic E-state index is -0.490. The Kier molecular flexibility index (Phi) is 3.31. The SMILES string of the molecule is CN(C)C(O)Sc1cccc2sccc12. The second-order valence-corrected chi connectivity index (χ2v) is 5.54. The number of hydrogen-bond donors (Lipinski definition) is 1. The normalized spacial score (nSPS) is 13.6. The molecule has 0 bridgehead atoms. The highest BCUT2D eigenvalue weighted by Gasteiger charge is 2.10. The summed E-state index contributed by atoms with van der Waals surface area (Å²) in [6.45, 7) is 0. The number of benzene rings is 1. The Bertz CT molecular complexity index is 453. The Labute approximate surface area is 97.5 Å². The molecule has 80 valence electrons. The number of aliphatic hydroxyl groups excluding tert-OH is 1. The lowest BCUT2D eigenvalue weighted by Crippen LogP contribution is -2.23. The lowest BCUT2D eigenvalue weighted by Gasteiger charge is -2.17. The second-order valence-electron chi connectivity index (χ2n) is 3.50. The Balaban J connectivity index is 2.31. The molecular weight excluding hydrogens is 226 g/mol. The molecule has 2 rings (SSSR count). The summed E-state index contributed by atoms with van der Waals surface area (Å²) in [5, 5.41) is 13.1. The van der Waals surface area contributed by atoms with Crippen molar-refractivity contribution in [3.63, 3.8) is 0 Å². The van der Waals surface area contributed by atoms with Crippen LogP contribution in [0.15, 0.2) is 34.5 Å². The van der Waals surface area contributed by atoms with Crippen LogP contribution in [0.3, 0.4) is 0 Å².